The van der Waals surface area contributed by atoms with Crippen molar-refractivity contribution in [1.82, 2.24) is 10.2 Å². The Bertz CT molecular complexity index is 741. The van der Waals surface area contributed by atoms with Crippen LogP contribution in [0.1, 0.15) is 31.2 Å². The first-order valence-corrected chi connectivity index (χ1v) is 9.50. The SMILES string of the molecule is COc1ccc([C@]23CCN(C)[C@H]2CC2(CC3)NC(C(=O)O)CO2)cc1OC. The first-order valence-electron chi connectivity index (χ1n) is 9.50. The Morgan fingerprint density at radius 2 is 2.04 bits per heavy atom. The summed E-state index contributed by atoms with van der Waals surface area (Å²) in [6, 6.07) is 5.89. The molecule has 148 valence electrons. The van der Waals surface area contributed by atoms with E-state index in [4.69, 9.17) is 14.2 Å². The molecule has 0 aromatic heterocycles. The van der Waals surface area contributed by atoms with E-state index in [0.717, 1.165) is 43.7 Å². The van der Waals surface area contributed by atoms with Gasteiger partial charge in [-0.05, 0) is 50.6 Å². The van der Waals surface area contributed by atoms with E-state index in [-0.39, 0.29) is 18.1 Å². The van der Waals surface area contributed by atoms with E-state index < -0.39 is 17.7 Å². The molecule has 4 atom stereocenters. The number of carboxylic acid groups (broad SMARTS) is 1. The lowest BCUT2D eigenvalue weighted by Gasteiger charge is -2.48. The Balaban J connectivity index is 1.65. The molecule has 1 saturated carbocycles. The molecule has 0 bridgehead atoms. The molecule has 1 aliphatic carbocycles. The number of aliphatic carboxylic acids is 1. The van der Waals surface area contributed by atoms with Crippen LogP contribution < -0.4 is 14.8 Å². The summed E-state index contributed by atoms with van der Waals surface area (Å²) >= 11 is 0. The number of likely N-dealkylation sites (N-methyl/N-ethyl adjacent to an activating group) is 1. The molecule has 0 amide bonds. The number of likely N-dealkylation sites (tertiary alicyclic amines) is 1. The minimum Gasteiger partial charge on any atom is -0.493 e. The number of nitrogens with zero attached hydrogens (tertiary/aromatic N) is 1. The van der Waals surface area contributed by atoms with Crippen molar-refractivity contribution in [3.8, 4) is 11.5 Å². The lowest BCUT2D eigenvalue weighted by atomic mass is 9.64. The van der Waals surface area contributed by atoms with Crippen molar-refractivity contribution in [3.05, 3.63) is 23.8 Å². The molecule has 0 radical (unpaired) electrons. The number of benzene rings is 1. The first-order chi connectivity index (χ1) is 12.9. The summed E-state index contributed by atoms with van der Waals surface area (Å²) in [5, 5.41) is 12.6. The van der Waals surface area contributed by atoms with E-state index in [2.05, 4.69) is 29.4 Å². The summed E-state index contributed by atoms with van der Waals surface area (Å²) in [5.41, 5.74) is 0.746. The fourth-order valence-electron chi connectivity index (χ4n) is 5.27. The van der Waals surface area contributed by atoms with Crippen LogP contribution in [0.4, 0.5) is 0 Å². The zero-order valence-electron chi connectivity index (χ0n) is 16.2. The van der Waals surface area contributed by atoms with Gasteiger partial charge in [-0.1, -0.05) is 6.07 Å². The maximum Gasteiger partial charge on any atom is 0.323 e. The number of ether oxygens (including phenoxy) is 3. The molecule has 2 aliphatic heterocycles. The van der Waals surface area contributed by atoms with Gasteiger partial charge in [0.15, 0.2) is 11.5 Å². The number of hydrogen-bond acceptors (Lipinski definition) is 6. The van der Waals surface area contributed by atoms with E-state index in [1.54, 1.807) is 14.2 Å². The van der Waals surface area contributed by atoms with E-state index in [1.807, 2.05) is 6.07 Å². The van der Waals surface area contributed by atoms with E-state index in [1.165, 1.54) is 5.56 Å². The topological polar surface area (TPSA) is 80.3 Å². The molecule has 4 rings (SSSR count). The Labute approximate surface area is 159 Å². The summed E-state index contributed by atoms with van der Waals surface area (Å²) in [6.45, 7) is 1.24. The summed E-state index contributed by atoms with van der Waals surface area (Å²) in [5.74, 6) is 0.639. The third-order valence-corrected chi connectivity index (χ3v) is 6.80. The van der Waals surface area contributed by atoms with Gasteiger partial charge < -0.3 is 24.2 Å². The quantitative estimate of drug-likeness (QED) is 0.826. The second-order valence-corrected chi connectivity index (χ2v) is 8.02. The molecule has 7 heteroatoms. The highest BCUT2D eigenvalue weighted by Gasteiger charge is 2.57. The Hall–Kier alpha value is -1.83. The van der Waals surface area contributed by atoms with Gasteiger partial charge in [0.05, 0.1) is 20.8 Å². The van der Waals surface area contributed by atoms with Crippen LogP contribution in [0, 0.1) is 0 Å². The van der Waals surface area contributed by atoms with Crippen LogP contribution >= 0.6 is 0 Å². The minimum absolute atomic E-state index is 0.0197. The van der Waals surface area contributed by atoms with Crippen molar-refractivity contribution >= 4 is 5.97 Å². The summed E-state index contributed by atoms with van der Waals surface area (Å²) in [7, 11) is 5.46. The maximum atomic E-state index is 11.4. The van der Waals surface area contributed by atoms with Gasteiger partial charge in [0, 0.05) is 17.9 Å². The zero-order valence-corrected chi connectivity index (χ0v) is 16.2. The number of carbonyl (C=O) groups is 1. The molecule has 2 unspecified atom stereocenters. The maximum absolute atomic E-state index is 11.4. The largest absolute Gasteiger partial charge is 0.493 e. The van der Waals surface area contributed by atoms with Gasteiger partial charge in [-0.3, -0.25) is 10.1 Å². The molecule has 3 aliphatic rings. The fourth-order valence-corrected chi connectivity index (χ4v) is 5.27. The van der Waals surface area contributed by atoms with Crippen LogP contribution in [0.3, 0.4) is 0 Å². The van der Waals surface area contributed by atoms with E-state index in [0.29, 0.717) is 0 Å². The Kier molecular flexibility index (Phi) is 4.56. The molecule has 1 aromatic carbocycles. The molecular weight excluding hydrogens is 348 g/mol. The van der Waals surface area contributed by atoms with Crippen LogP contribution in [0.2, 0.25) is 0 Å². The predicted molar refractivity (Wildman–Crippen MR) is 99.4 cm³/mol. The Morgan fingerprint density at radius 1 is 1.26 bits per heavy atom. The molecule has 2 heterocycles. The fraction of sp³-hybridized carbons (Fsp3) is 0.650. The minimum atomic E-state index is -0.844. The van der Waals surface area contributed by atoms with Crippen molar-refractivity contribution in [2.45, 2.75) is 48.9 Å². The molecule has 27 heavy (non-hydrogen) atoms. The molecule has 1 aromatic rings. The van der Waals surface area contributed by atoms with Crippen molar-refractivity contribution < 1.29 is 24.1 Å². The van der Waals surface area contributed by atoms with Crippen molar-refractivity contribution in [2.24, 2.45) is 0 Å². The lowest BCUT2D eigenvalue weighted by molar-refractivity contribution is -0.139. The number of carboxylic acids is 1. The van der Waals surface area contributed by atoms with Crippen molar-refractivity contribution in [3.63, 3.8) is 0 Å². The summed E-state index contributed by atoms with van der Waals surface area (Å²) in [4.78, 5) is 13.7. The van der Waals surface area contributed by atoms with Gasteiger partial charge in [0.1, 0.15) is 11.8 Å². The molecule has 7 nitrogen and oxygen atoms in total. The van der Waals surface area contributed by atoms with Crippen molar-refractivity contribution in [1.29, 1.82) is 0 Å². The first kappa shape index (κ1) is 18.5. The third-order valence-electron chi connectivity index (χ3n) is 6.80. The average molecular weight is 376 g/mol. The average Bonchev–Trinajstić information content (AvgIpc) is 3.24. The van der Waals surface area contributed by atoms with Crippen LogP contribution in [-0.2, 0) is 14.9 Å². The van der Waals surface area contributed by atoms with Gasteiger partial charge in [-0.15, -0.1) is 0 Å². The Morgan fingerprint density at radius 3 is 2.70 bits per heavy atom. The molecular formula is C20H28N2O5. The predicted octanol–water partition coefficient (Wildman–Crippen LogP) is 1.60. The highest BCUT2D eigenvalue weighted by molar-refractivity contribution is 5.74. The number of rotatable bonds is 4. The van der Waals surface area contributed by atoms with Crippen molar-refractivity contribution in [2.75, 3.05) is 34.4 Å². The van der Waals surface area contributed by atoms with Crippen LogP contribution in [0.5, 0.6) is 11.5 Å². The number of hydrogen-bond donors (Lipinski definition) is 2. The summed E-state index contributed by atoms with van der Waals surface area (Å²) in [6.07, 6.45) is 3.59. The van der Waals surface area contributed by atoms with Crippen LogP contribution in [0.25, 0.3) is 0 Å². The second-order valence-electron chi connectivity index (χ2n) is 8.02. The molecule has 2 saturated heterocycles. The summed E-state index contributed by atoms with van der Waals surface area (Å²) < 4.78 is 16.9. The van der Waals surface area contributed by atoms with Gasteiger partial charge in [-0.2, -0.15) is 0 Å². The standard InChI is InChI=1S/C20H28N2O5/c1-22-9-8-19(13-4-5-15(25-2)16(10-13)26-3)6-7-20(11-17(19)22)21-14(12-27-20)18(23)24/h4-5,10,14,17,21H,6-9,11-12H2,1-3H3,(H,23,24)/t14?,17-,19-,20?/m0/s1. The van der Waals surface area contributed by atoms with Crippen LogP contribution in [0.15, 0.2) is 18.2 Å². The van der Waals surface area contributed by atoms with E-state index in [9.17, 15) is 9.90 Å². The monoisotopic (exact) mass is 376 g/mol. The molecule has 1 spiro atoms. The highest BCUT2D eigenvalue weighted by Crippen LogP contribution is 2.53. The normalized spacial score (nSPS) is 36.0. The number of methoxy groups -OCH3 is 2. The number of fused-ring (bicyclic) bond motifs is 1. The zero-order chi connectivity index (χ0) is 19.2. The van der Waals surface area contributed by atoms with Gasteiger partial charge in [0.25, 0.3) is 0 Å². The molecule has 3 fully saturated rings. The molecule has 2 N–H and O–H groups in total. The van der Waals surface area contributed by atoms with Gasteiger partial charge in [0.2, 0.25) is 0 Å². The van der Waals surface area contributed by atoms with Gasteiger partial charge in [-0.25, -0.2) is 0 Å². The highest BCUT2D eigenvalue weighted by atomic mass is 16.5. The van der Waals surface area contributed by atoms with E-state index >= 15 is 0 Å². The van der Waals surface area contributed by atoms with Gasteiger partial charge >= 0.3 is 5.97 Å². The second kappa shape index (κ2) is 6.65. The third kappa shape index (κ3) is 2.88. The number of nitrogens with one attached hydrogen (secondary N) is 1. The van der Waals surface area contributed by atoms with Crippen LogP contribution in [-0.4, -0.2) is 68.2 Å². The lowest BCUT2D eigenvalue weighted by Crippen LogP contribution is -2.58. The smallest absolute Gasteiger partial charge is 0.323 e.